The van der Waals surface area contributed by atoms with E-state index < -0.39 is 0 Å². The molecule has 1 unspecified atom stereocenters. The van der Waals surface area contributed by atoms with Crippen molar-refractivity contribution in [2.45, 2.75) is 32.2 Å². The van der Waals surface area contributed by atoms with Gasteiger partial charge in [0, 0.05) is 32.1 Å². The van der Waals surface area contributed by atoms with Crippen LogP contribution < -0.4 is 10.1 Å². The van der Waals surface area contributed by atoms with Gasteiger partial charge in [-0.15, -0.1) is 5.10 Å². The highest BCUT2D eigenvalue weighted by Crippen LogP contribution is 2.29. The van der Waals surface area contributed by atoms with E-state index in [4.69, 9.17) is 4.74 Å². The lowest BCUT2D eigenvalue weighted by atomic mass is 9.99. The van der Waals surface area contributed by atoms with Crippen LogP contribution in [0.15, 0.2) is 24.4 Å². The van der Waals surface area contributed by atoms with E-state index in [1.165, 1.54) is 11.1 Å². The van der Waals surface area contributed by atoms with Crippen LogP contribution in [0.3, 0.4) is 0 Å². The summed E-state index contributed by atoms with van der Waals surface area (Å²) in [5.74, 6) is 1.03. The zero-order chi connectivity index (χ0) is 14.7. The van der Waals surface area contributed by atoms with Crippen molar-refractivity contribution in [1.82, 2.24) is 20.3 Å². The summed E-state index contributed by atoms with van der Waals surface area (Å²) in [7, 11) is 1.90. The Hall–Kier alpha value is -1.88. The largest absolute Gasteiger partial charge is 0.493 e. The highest BCUT2D eigenvalue weighted by atomic mass is 16.5. The summed E-state index contributed by atoms with van der Waals surface area (Å²) in [6, 6.07) is 6.79. The lowest BCUT2D eigenvalue weighted by Gasteiger charge is -2.18. The van der Waals surface area contributed by atoms with Gasteiger partial charge in [0.25, 0.3) is 0 Å². The molecule has 1 aliphatic rings. The van der Waals surface area contributed by atoms with Gasteiger partial charge in [0.2, 0.25) is 0 Å². The second kappa shape index (κ2) is 6.26. The predicted molar refractivity (Wildman–Crippen MR) is 81.4 cm³/mol. The minimum absolute atomic E-state index is 0.271. The number of hydrogen-bond acceptors (Lipinski definition) is 4. The Bertz CT molecular complexity index is 608. The van der Waals surface area contributed by atoms with Crippen molar-refractivity contribution in [1.29, 1.82) is 0 Å². The number of rotatable bonds is 6. The van der Waals surface area contributed by atoms with E-state index in [0.29, 0.717) is 0 Å². The van der Waals surface area contributed by atoms with Gasteiger partial charge in [0.1, 0.15) is 5.75 Å². The minimum Gasteiger partial charge on any atom is -0.493 e. The van der Waals surface area contributed by atoms with Crippen LogP contribution >= 0.6 is 0 Å². The van der Waals surface area contributed by atoms with Crippen LogP contribution in [0, 0.1) is 0 Å². The summed E-state index contributed by atoms with van der Waals surface area (Å²) >= 11 is 0. The Morgan fingerprint density at radius 2 is 2.33 bits per heavy atom. The molecule has 0 fully saturated rings. The number of aromatic nitrogens is 3. The van der Waals surface area contributed by atoms with Crippen LogP contribution in [-0.4, -0.2) is 28.1 Å². The van der Waals surface area contributed by atoms with Crippen molar-refractivity contribution in [3.05, 3.63) is 41.2 Å². The summed E-state index contributed by atoms with van der Waals surface area (Å²) in [6.45, 7) is 3.98. The Balaban J connectivity index is 1.80. The van der Waals surface area contributed by atoms with E-state index in [0.717, 1.165) is 43.9 Å². The van der Waals surface area contributed by atoms with Crippen LogP contribution in [0.1, 0.15) is 36.2 Å². The highest BCUT2D eigenvalue weighted by Gasteiger charge is 2.18. The fourth-order valence-corrected chi connectivity index (χ4v) is 2.75. The topological polar surface area (TPSA) is 52.0 Å². The van der Waals surface area contributed by atoms with Gasteiger partial charge in [-0.25, -0.2) is 0 Å². The third-order valence-corrected chi connectivity index (χ3v) is 3.82. The molecule has 3 rings (SSSR count). The van der Waals surface area contributed by atoms with Crippen molar-refractivity contribution in [3.8, 4) is 5.75 Å². The molecule has 1 aromatic carbocycles. The SMILES string of the molecule is CCCNC(Cc1cn(C)nn1)c1ccc2c(c1)CCO2. The normalized spacial score (nSPS) is 14.8. The molecular weight excluding hydrogens is 264 g/mol. The average Bonchev–Trinajstić information content (AvgIpc) is 3.11. The van der Waals surface area contributed by atoms with Crippen LogP contribution in [0.4, 0.5) is 0 Å². The van der Waals surface area contributed by atoms with Gasteiger partial charge in [0.15, 0.2) is 0 Å². The fraction of sp³-hybridized carbons (Fsp3) is 0.500. The molecule has 0 saturated heterocycles. The van der Waals surface area contributed by atoms with Crippen LogP contribution in [-0.2, 0) is 19.9 Å². The Morgan fingerprint density at radius 3 is 3.10 bits per heavy atom. The molecule has 0 aliphatic carbocycles. The van der Waals surface area contributed by atoms with Crippen LogP contribution in [0.5, 0.6) is 5.75 Å². The van der Waals surface area contributed by atoms with Gasteiger partial charge >= 0.3 is 0 Å². The first-order valence-electron chi connectivity index (χ1n) is 7.60. The standard InChI is InChI=1S/C16H22N4O/c1-3-7-17-15(10-14-11-20(2)19-18-14)12-4-5-16-13(9-12)6-8-21-16/h4-5,9,11,15,17H,3,6-8,10H2,1-2H3. The summed E-state index contributed by atoms with van der Waals surface area (Å²) in [5.41, 5.74) is 3.64. The summed E-state index contributed by atoms with van der Waals surface area (Å²) in [4.78, 5) is 0. The van der Waals surface area contributed by atoms with E-state index in [1.54, 1.807) is 4.68 Å². The molecule has 0 spiro atoms. The molecular formula is C16H22N4O. The Morgan fingerprint density at radius 1 is 1.43 bits per heavy atom. The Kier molecular flexibility index (Phi) is 4.20. The number of nitrogens with one attached hydrogen (secondary N) is 1. The average molecular weight is 286 g/mol. The van der Waals surface area contributed by atoms with Crippen molar-refractivity contribution in [3.63, 3.8) is 0 Å². The van der Waals surface area contributed by atoms with Crippen molar-refractivity contribution >= 4 is 0 Å². The first kappa shape index (κ1) is 14.1. The number of aryl methyl sites for hydroxylation is 1. The summed E-state index contributed by atoms with van der Waals surface area (Å²) in [6.07, 6.45) is 4.96. The smallest absolute Gasteiger partial charge is 0.122 e. The lowest BCUT2D eigenvalue weighted by Crippen LogP contribution is -2.24. The summed E-state index contributed by atoms with van der Waals surface area (Å²) in [5, 5.41) is 11.8. The molecule has 1 aliphatic heterocycles. The highest BCUT2D eigenvalue weighted by molar-refractivity contribution is 5.41. The van der Waals surface area contributed by atoms with E-state index >= 15 is 0 Å². The predicted octanol–water partition coefficient (Wildman–Crippen LogP) is 2.03. The van der Waals surface area contributed by atoms with E-state index in [2.05, 4.69) is 40.8 Å². The van der Waals surface area contributed by atoms with E-state index in [9.17, 15) is 0 Å². The second-order valence-corrected chi connectivity index (χ2v) is 5.56. The van der Waals surface area contributed by atoms with Gasteiger partial charge in [-0.2, -0.15) is 0 Å². The molecule has 112 valence electrons. The van der Waals surface area contributed by atoms with E-state index in [-0.39, 0.29) is 6.04 Å². The van der Waals surface area contributed by atoms with Gasteiger partial charge in [-0.3, -0.25) is 4.68 Å². The molecule has 2 aromatic rings. The molecule has 1 N–H and O–H groups in total. The van der Waals surface area contributed by atoms with Gasteiger partial charge in [-0.1, -0.05) is 24.3 Å². The molecule has 5 nitrogen and oxygen atoms in total. The zero-order valence-electron chi connectivity index (χ0n) is 12.7. The number of ether oxygens (including phenoxy) is 1. The third kappa shape index (κ3) is 3.24. The van der Waals surface area contributed by atoms with Crippen LogP contribution in [0.2, 0.25) is 0 Å². The number of hydrogen-bond donors (Lipinski definition) is 1. The molecule has 1 aromatic heterocycles. The molecule has 1 atom stereocenters. The minimum atomic E-state index is 0.271. The second-order valence-electron chi connectivity index (χ2n) is 5.56. The molecule has 5 heteroatoms. The summed E-state index contributed by atoms with van der Waals surface area (Å²) < 4.78 is 7.34. The molecule has 2 heterocycles. The third-order valence-electron chi connectivity index (χ3n) is 3.82. The first-order chi connectivity index (χ1) is 10.3. The van der Waals surface area contributed by atoms with Crippen molar-refractivity contribution in [2.75, 3.05) is 13.2 Å². The maximum absolute atomic E-state index is 5.59. The molecule has 21 heavy (non-hydrogen) atoms. The van der Waals surface area contributed by atoms with Crippen molar-refractivity contribution < 1.29 is 4.74 Å². The molecule has 0 saturated carbocycles. The van der Waals surface area contributed by atoms with Crippen LogP contribution in [0.25, 0.3) is 0 Å². The first-order valence-corrected chi connectivity index (χ1v) is 7.60. The number of benzene rings is 1. The molecule has 0 bridgehead atoms. The Labute approximate surface area is 125 Å². The van der Waals surface area contributed by atoms with Gasteiger partial charge < -0.3 is 10.1 Å². The number of fused-ring (bicyclic) bond motifs is 1. The van der Waals surface area contributed by atoms with Gasteiger partial charge in [-0.05, 0) is 30.2 Å². The van der Waals surface area contributed by atoms with E-state index in [1.807, 2.05) is 13.2 Å². The molecule has 0 amide bonds. The maximum Gasteiger partial charge on any atom is 0.122 e. The van der Waals surface area contributed by atoms with Crippen molar-refractivity contribution in [2.24, 2.45) is 7.05 Å². The maximum atomic E-state index is 5.59. The quantitative estimate of drug-likeness (QED) is 0.883. The fourth-order valence-electron chi connectivity index (χ4n) is 2.75. The lowest BCUT2D eigenvalue weighted by molar-refractivity contribution is 0.356. The zero-order valence-corrected chi connectivity index (χ0v) is 12.7. The number of nitrogens with zero attached hydrogens (tertiary/aromatic N) is 3. The van der Waals surface area contributed by atoms with Gasteiger partial charge in [0.05, 0.1) is 12.3 Å². The molecule has 0 radical (unpaired) electrons. The monoisotopic (exact) mass is 286 g/mol.